The van der Waals surface area contributed by atoms with Crippen molar-refractivity contribution in [2.45, 2.75) is 66.1 Å². The van der Waals surface area contributed by atoms with Crippen molar-refractivity contribution in [3.05, 3.63) is 65.2 Å². The molecule has 0 spiro atoms. The highest BCUT2D eigenvalue weighted by Crippen LogP contribution is 2.23. The number of rotatable bonds is 11. The molecule has 8 heteroatoms. The molecule has 0 radical (unpaired) electrons. The van der Waals surface area contributed by atoms with Gasteiger partial charge in [0, 0.05) is 12.6 Å². The first-order chi connectivity index (χ1) is 16.0. The average molecular weight is 488 g/mol. The van der Waals surface area contributed by atoms with Gasteiger partial charge in [-0.05, 0) is 56.4 Å². The third kappa shape index (κ3) is 7.06. The summed E-state index contributed by atoms with van der Waals surface area (Å²) in [6.45, 7) is 9.34. The molecule has 2 aromatic carbocycles. The number of hydrogen-bond acceptors (Lipinski definition) is 4. The minimum atomic E-state index is -3.74. The zero-order chi connectivity index (χ0) is 25.5. The molecule has 0 saturated heterocycles. The zero-order valence-corrected chi connectivity index (χ0v) is 21.9. The molecule has 2 atom stereocenters. The number of carbonyl (C=O) groups is 2. The van der Waals surface area contributed by atoms with Gasteiger partial charge in [-0.15, -0.1) is 0 Å². The molecule has 0 saturated carbocycles. The van der Waals surface area contributed by atoms with Crippen LogP contribution in [0.5, 0.6) is 0 Å². The van der Waals surface area contributed by atoms with Gasteiger partial charge in [0.1, 0.15) is 12.6 Å². The highest BCUT2D eigenvalue weighted by molar-refractivity contribution is 7.92. The Morgan fingerprint density at radius 2 is 1.53 bits per heavy atom. The molecule has 0 aliphatic heterocycles. The third-order valence-corrected chi connectivity index (χ3v) is 7.18. The molecule has 0 aliphatic carbocycles. The standard InChI is InChI=1S/C26H37N3O4S/c1-7-21(5)27-26(31)23(8-2)28(17-22-15-11-9-13-19(22)3)25(30)18-29(34(6,32)33)24-16-12-10-14-20(24)4/h9-16,21,23H,7-8,17-18H2,1-6H3,(H,27,31)/t21-,23+/m1/s1. The monoisotopic (exact) mass is 487 g/mol. The van der Waals surface area contributed by atoms with Crippen LogP contribution in [0, 0.1) is 13.8 Å². The van der Waals surface area contributed by atoms with Crippen LogP contribution in [0.25, 0.3) is 0 Å². The first-order valence-corrected chi connectivity index (χ1v) is 13.5. The topological polar surface area (TPSA) is 86.8 Å². The van der Waals surface area contributed by atoms with Gasteiger partial charge < -0.3 is 10.2 Å². The van der Waals surface area contributed by atoms with Crippen molar-refractivity contribution in [2.75, 3.05) is 17.1 Å². The van der Waals surface area contributed by atoms with E-state index in [1.165, 1.54) is 4.90 Å². The summed E-state index contributed by atoms with van der Waals surface area (Å²) in [6, 6.07) is 14.0. The fraction of sp³-hybridized carbons (Fsp3) is 0.462. The molecule has 0 aromatic heterocycles. The predicted octanol–water partition coefficient (Wildman–Crippen LogP) is 3.79. The van der Waals surface area contributed by atoms with Gasteiger partial charge >= 0.3 is 0 Å². The summed E-state index contributed by atoms with van der Waals surface area (Å²) in [7, 11) is -3.74. The number of aryl methyl sites for hydroxylation is 2. The van der Waals surface area contributed by atoms with Crippen molar-refractivity contribution in [2.24, 2.45) is 0 Å². The first kappa shape index (κ1) is 27.4. The Kier molecular flexibility index (Phi) is 9.67. The summed E-state index contributed by atoms with van der Waals surface area (Å²) < 4.78 is 26.5. The van der Waals surface area contributed by atoms with Gasteiger partial charge in [0.25, 0.3) is 0 Å². The normalized spacial score (nSPS) is 13.1. The maximum Gasteiger partial charge on any atom is 0.244 e. The van der Waals surface area contributed by atoms with Crippen molar-refractivity contribution < 1.29 is 18.0 Å². The molecule has 186 valence electrons. The Hall–Kier alpha value is -2.87. The Morgan fingerprint density at radius 3 is 2.06 bits per heavy atom. The summed E-state index contributed by atoms with van der Waals surface area (Å²) in [5, 5.41) is 2.98. The van der Waals surface area contributed by atoms with E-state index in [9.17, 15) is 18.0 Å². The Bertz CT molecular complexity index is 1100. The van der Waals surface area contributed by atoms with E-state index in [2.05, 4.69) is 5.32 Å². The lowest BCUT2D eigenvalue weighted by atomic mass is 10.1. The molecule has 0 fully saturated rings. The predicted molar refractivity (Wildman–Crippen MR) is 137 cm³/mol. The van der Waals surface area contributed by atoms with Gasteiger partial charge in [-0.1, -0.05) is 56.3 Å². The number of benzene rings is 2. The number of para-hydroxylation sites is 1. The summed E-state index contributed by atoms with van der Waals surface area (Å²) in [5.74, 6) is -0.663. The Morgan fingerprint density at radius 1 is 0.941 bits per heavy atom. The largest absolute Gasteiger partial charge is 0.352 e. The van der Waals surface area contributed by atoms with Crippen LogP contribution in [0.3, 0.4) is 0 Å². The van der Waals surface area contributed by atoms with Gasteiger partial charge in [-0.25, -0.2) is 8.42 Å². The second-order valence-electron chi connectivity index (χ2n) is 8.75. The Balaban J connectivity index is 2.47. The minimum absolute atomic E-state index is 0.0311. The minimum Gasteiger partial charge on any atom is -0.352 e. The highest BCUT2D eigenvalue weighted by atomic mass is 32.2. The van der Waals surface area contributed by atoms with Crippen LogP contribution in [-0.4, -0.2) is 50.0 Å². The van der Waals surface area contributed by atoms with Crippen LogP contribution >= 0.6 is 0 Å². The number of carbonyl (C=O) groups excluding carboxylic acids is 2. The van der Waals surface area contributed by atoms with Crippen molar-refractivity contribution >= 4 is 27.5 Å². The van der Waals surface area contributed by atoms with Crippen LogP contribution in [0.1, 0.15) is 50.3 Å². The molecular weight excluding hydrogens is 450 g/mol. The summed E-state index contributed by atoms with van der Waals surface area (Å²) in [5.41, 5.74) is 3.10. The van der Waals surface area contributed by atoms with E-state index in [1.807, 2.05) is 58.0 Å². The van der Waals surface area contributed by atoms with E-state index in [0.717, 1.165) is 33.7 Å². The smallest absolute Gasteiger partial charge is 0.244 e. The molecule has 1 N–H and O–H groups in total. The molecular formula is C26H37N3O4S. The lowest BCUT2D eigenvalue weighted by Crippen LogP contribution is -2.53. The fourth-order valence-electron chi connectivity index (χ4n) is 3.77. The third-order valence-electron chi connectivity index (χ3n) is 6.05. The zero-order valence-electron chi connectivity index (χ0n) is 21.0. The van der Waals surface area contributed by atoms with E-state index < -0.39 is 22.0 Å². The number of hydrogen-bond donors (Lipinski definition) is 1. The summed E-state index contributed by atoms with van der Waals surface area (Å²) in [4.78, 5) is 28.3. The van der Waals surface area contributed by atoms with Crippen LogP contribution in [0.4, 0.5) is 5.69 Å². The molecule has 0 unspecified atom stereocenters. The second kappa shape index (κ2) is 12.0. The van der Waals surface area contributed by atoms with Crippen LogP contribution in [0.15, 0.2) is 48.5 Å². The molecule has 0 heterocycles. The van der Waals surface area contributed by atoms with Gasteiger partial charge in [0.2, 0.25) is 21.8 Å². The molecule has 7 nitrogen and oxygen atoms in total. The van der Waals surface area contributed by atoms with Crippen LogP contribution < -0.4 is 9.62 Å². The van der Waals surface area contributed by atoms with Crippen molar-refractivity contribution in [1.29, 1.82) is 0 Å². The molecule has 2 amide bonds. The van der Waals surface area contributed by atoms with Gasteiger partial charge in [0.05, 0.1) is 11.9 Å². The van der Waals surface area contributed by atoms with E-state index in [1.54, 1.807) is 25.1 Å². The van der Waals surface area contributed by atoms with E-state index in [4.69, 9.17) is 0 Å². The molecule has 0 aliphatic rings. The Labute approximate surface area is 204 Å². The van der Waals surface area contributed by atoms with E-state index >= 15 is 0 Å². The number of anilines is 1. The summed E-state index contributed by atoms with van der Waals surface area (Å²) >= 11 is 0. The van der Waals surface area contributed by atoms with Crippen molar-refractivity contribution in [1.82, 2.24) is 10.2 Å². The van der Waals surface area contributed by atoms with Crippen LogP contribution in [0.2, 0.25) is 0 Å². The maximum atomic E-state index is 13.7. The quantitative estimate of drug-likeness (QED) is 0.522. The molecule has 2 aromatic rings. The lowest BCUT2D eigenvalue weighted by molar-refractivity contribution is -0.140. The maximum absolute atomic E-state index is 13.7. The van der Waals surface area contributed by atoms with Gasteiger partial charge in [-0.2, -0.15) is 0 Å². The SMILES string of the molecule is CC[C@@H](C)NC(=O)[C@H](CC)N(Cc1ccccc1C)C(=O)CN(c1ccccc1C)S(C)(=O)=O. The van der Waals surface area contributed by atoms with Crippen molar-refractivity contribution in [3.63, 3.8) is 0 Å². The lowest BCUT2D eigenvalue weighted by Gasteiger charge is -2.34. The number of sulfonamides is 1. The molecule has 34 heavy (non-hydrogen) atoms. The van der Waals surface area contributed by atoms with Crippen LogP contribution in [-0.2, 0) is 26.2 Å². The van der Waals surface area contributed by atoms with Gasteiger partial charge in [0.15, 0.2) is 0 Å². The fourth-order valence-corrected chi connectivity index (χ4v) is 4.68. The number of nitrogens with one attached hydrogen (secondary N) is 1. The number of nitrogens with zero attached hydrogens (tertiary/aromatic N) is 2. The molecule has 0 bridgehead atoms. The molecule has 2 rings (SSSR count). The van der Waals surface area contributed by atoms with E-state index in [0.29, 0.717) is 12.1 Å². The highest BCUT2D eigenvalue weighted by Gasteiger charge is 2.32. The second-order valence-corrected chi connectivity index (χ2v) is 10.7. The van der Waals surface area contributed by atoms with Gasteiger partial charge in [-0.3, -0.25) is 13.9 Å². The van der Waals surface area contributed by atoms with Crippen molar-refractivity contribution in [3.8, 4) is 0 Å². The average Bonchev–Trinajstić information content (AvgIpc) is 2.78. The first-order valence-electron chi connectivity index (χ1n) is 11.7. The summed E-state index contributed by atoms with van der Waals surface area (Å²) in [6.07, 6.45) is 2.26. The van der Waals surface area contributed by atoms with E-state index in [-0.39, 0.29) is 25.0 Å². The number of amides is 2.